The van der Waals surface area contributed by atoms with E-state index in [9.17, 15) is 9.59 Å². The molecule has 1 unspecified atom stereocenters. The Labute approximate surface area is 145 Å². The van der Waals surface area contributed by atoms with Gasteiger partial charge in [0.05, 0.1) is 4.88 Å². The molecule has 0 fully saturated rings. The van der Waals surface area contributed by atoms with Crippen molar-refractivity contribution < 1.29 is 14.3 Å². The second kappa shape index (κ2) is 7.05. The minimum atomic E-state index is -0.130. The zero-order valence-electron chi connectivity index (χ0n) is 13.7. The van der Waals surface area contributed by atoms with E-state index in [2.05, 4.69) is 12.2 Å². The third-order valence-corrected chi connectivity index (χ3v) is 5.07. The maximum absolute atomic E-state index is 12.2. The van der Waals surface area contributed by atoms with Crippen molar-refractivity contribution in [2.24, 2.45) is 0 Å². The molecule has 1 aromatic heterocycles. The van der Waals surface area contributed by atoms with Gasteiger partial charge in [0.25, 0.3) is 11.8 Å². The quantitative estimate of drug-likeness (QED) is 0.923. The van der Waals surface area contributed by atoms with Gasteiger partial charge in [0.15, 0.2) is 6.61 Å². The predicted octanol–water partition coefficient (Wildman–Crippen LogP) is 3.52. The van der Waals surface area contributed by atoms with Crippen LogP contribution >= 0.6 is 11.3 Å². The molecule has 24 heavy (non-hydrogen) atoms. The number of carbonyl (C=O) groups is 2. The van der Waals surface area contributed by atoms with Crippen molar-refractivity contribution in [2.75, 3.05) is 11.9 Å². The SMILES string of the molecule is CCC(C)N1Cc2cc(NC(=O)c3cccs3)ccc2OCC1=O. The van der Waals surface area contributed by atoms with Gasteiger partial charge in [-0.15, -0.1) is 11.3 Å². The molecule has 1 N–H and O–H groups in total. The zero-order valence-corrected chi connectivity index (χ0v) is 14.6. The van der Waals surface area contributed by atoms with Crippen molar-refractivity contribution in [1.29, 1.82) is 0 Å². The van der Waals surface area contributed by atoms with Crippen LogP contribution in [-0.2, 0) is 11.3 Å². The summed E-state index contributed by atoms with van der Waals surface area (Å²) in [6.45, 7) is 4.64. The summed E-state index contributed by atoms with van der Waals surface area (Å²) in [5, 5.41) is 4.77. The molecule has 1 atom stereocenters. The van der Waals surface area contributed by atoms with Crippen molar-refractivity contribution in [3.8, 4) is 5.75 Å². The van der Waals surface area contributed by atoms with E-state index < -0.39 is 0 Å². The standard InChI is InChI=1S/C18H20N2O3S/c1-3-12(2)20-10-13-9-14(6-7-15(13)23-11-17(20)21)19-18(22)16-5-4-8-24-16/h4-9,12H,3,10-11H2,1-2H3,(H,19,22). The van der Waals surface area contributed by atoms with Crippen molar-refractivity contribution in [2.45, 2.75) is 32.9 Å². The van der Waals surface area contributed by atoms with Crippen LogP contribution in [0.1, 0.15) is 35.5 Å². The Hall–Kier alpha value is -2.34. The first-order valence-corrected chi connectivity index (χ1v) is 8.86. The largest absolute Gasteiger partial charge is 0.483 e. The lowest BCUT2D eigenvalue weighted by atomic mass is 10.1. The van der Waals surface area contributed by atoms with Gasteiger partial charge < -0.3 is 15.0 Å². The highest BCUT2D eigenvalue weighted by atomic mass is 32.1. The Bertz CT molecular complexity index is 743. The van der Waals surface area contributed by atoms with Crippen LogP contribution < -0.4 is 10.1 Å². The summed E-state index contributed by atoms with van der Waals surface area (Å²) < 4.78 is 5.62. The highest BCUT2D eigenvalue weighted by molar-refractivity contribution is 7.12. The van der Waals surface area contributed by atoms with Crippen LogP contribution in [0.3, 0.4) is 0 Å². The Balaban J connectivity index is 1.82. The molecule has 5 nitrogen and oxygen atoms in total. The van der Waals surface area contributed by atoms with Gasteiger partial charge in [-0.1, -0.05) is 13.0 Å². The van der Waals surface area contributed by atoms with E-state index in [1.807, 2.05) is 35.4 Å². The molecule has 1 aliphatic rings. The minimum absolute atomic E-state index is 0.00952. The number of nitrogens with zero attached hydrogens (tertiary/aromatic N) is 1. The van der Waals surface area contributed by atoms with Gasteiger partial charge in [0, 0.05) is 23.8 Å². The zero-order chi connectivity index (χ0) is 17.1. The molecule has 0 spiro atoms. The monoisotopic (exact) mass is 344 g/mol. The molecule has 2 aromatic rings. The molecule has 0 aliphatic carbocycles. The Morgan fingerprint density at radius 3 is 2.96 bits per heavy atom. The number of hydrogen-bond acceptors (Lipinski definition) is 4. The summed E-state index contributed by atoms with van der Waals surface area (Å²) >= 11 is 1.40. The number of hydrogen-bond donors (Lipinski definition) is 1. The van der Waals surface area contributed by atoms with Crippen molar-refractivity contribution in [3.05, 3.63) is 46.2 Å². The molecule has 1 aromatic carbocycles. The third kappa shape index (κ3) is 3.43. The van der Waals surface area contributed by atoms with Crippen LogP contribution in [0, 0.1) is 0 Å². The Morgan fingerprint density at radius 2 is 2.25 bits per heavy atom. The molecule has 0 bridgehead atoms. The number of amides is 2. The maximum Gasteiger partial charge on any atom is 0.265 e. The lowest BCUT2D eigenvalue weighted by Gasteiger charge is -2.26. The number of thiophene rings is 1. The number of fused-ring (bicyclic) bond motifs is 1. The van der Waals surface area contributed by atoms with E-state index >= 15 is 0 Å². The van der Waals surface area contributed by atoms with E-state index in [-0.39, 0.29) is 24.5 Å². The summed E-state index contributed by atoms with van der Waals surface area (Å²) in [6, 6.07) is 9.28. The van der Waals surface area contributed by atoms with Crippen LogP contribution in [0.5, 0.6) is 5.75 Å². The third-order valence-electron chi connectivity index (χ3n) is 4.20. The molecule has 0 saturated carbocycles. The average molecular weight is 344 g/mol. The first kappa shape index (κ1) is 16.5. The summed E-state index contributed by atoms with van der Waals surface area (Å²) in [5.74, 6) is 0.558. The Kier molecular flexibility index (Phi) is 4.85. The second-order valence-corrected chi connectivity index (χ2v) is 6.77. The van der Waals surface area contributed by atoms with Crippen LogP contribution in [0.4, 0.5) is 5.69 Å². The average Bonchev–Trinajstić information content (AvgIpc) is 3.07. The van der Waals surface area contributed by atoms with E-state index in [0.717, 1.165) is 12.0 Å². The van der Waals surface area contributed by atoms with E-state index in [1.165, 1.54) is 11.3 Å². The number of rotatable bonds is 4. The number of nitrogens with one attached hydrogen (secondary N) is 1. The van der Waals surface area contributed by atoms with Crippen LogP contribution in [-0.4, -0.2) is 29.4 Å². The van der Waals surface area contributed by atoms with Gasteiger partial charge >= 0.3 is 0 Å². The van der Waals surface area contributed by atoms with Gasteiger partial charge in [0.1, 0.15) is 5.75 Å². The van der Waals surface area contributed by atoms with Crippen molar-refractivity contribution in [1.82, 2.24) is 4.90 Å². The lowest BCUT2D eigenvalue weighted by molar-refractivity contribution is -0.135. The molecular formula is C18H20N2O3S. The molecule has 126 valence electrons. The summed E-state index contributed by atoms with van der Waals surface area (Å²) in [5.41, 5.74) is 1.61. The fourth-order valence-corrected chi connectivity index (χ4v) is 3.26. The molecule has 6 heteroatoms. The highest BCUT2D eigenvalue weighted by Crippen LogP contribution is 2.28. The molecule has 0 saturated heterocycles. The molecule has 1 aliphatic heterocycles. The fourth-order valence-electron chi connectivity index (χ4n) is 2.64. The van der Waals surface area contributed by atoms with Crippen LogP contribution in [0.25, 0.3) is 0 Å². The van der Waals surface area contributed by atoms with E-state index in [4.69, 9.17) is 4.74 Å². The van der Waals surface area contributed by atoms with Gasteiger partial charge in [-0.3, -0.25) is 9.59 Å². The maximum atomic E-state index is 12.2. The van der Waals surface area contributed by atoms with E-state index in [0.29, 0.717) is 22.9 Å². The number of benzene rings is 1. The topological polar surface area (TPSA) is 58.6 Å². The Morgan fingerprint density at radius 1 is 1.42 bits per heavy atom. The normalized spacial score (nSPS) is 15.2. The minimum Gasteiger partial charge on any atom is -0.483 e. The van der Waals surface area contributed by atoms with Gasteiger partial charge in [-0.05, 0) is 43.0 Å². The predicted molar refractivity (Wildman–Crippen MR) is 94.5 cm³/mol. The molecule has 2 amide bonds. The highest BCUT2D eigenvalue weighted by Gasteiger charge is 2.25. The number of anilines is 1. The second-order valence-electron chi connectivity index (χ2n) is 5.82. The molecular weight excluding hydrogens is 324 g/mol. The van der Waals surface area contributed by atoms with Crippen molar-refractivity contribution in [3.63, 3.8) is 0 Å². The molecule has 3 rings (SSSR count). The first-order chi connectivity index (χ1) is 11.6. The lowest BCUT2D eigenvalue weighted by Crippen LogP contribution is -2.39. The number of ether oxygens (including phenoxy) is 1. The number of carbonyl (C=O) groups excluding carboxylic acids is 2. The fraction of sp³-hybridized carbons (Fsp3) is 0.333. The van der Waals surface area contributed by atoms with E-state index in [1.54, 1.807) is 12.1 Å². The van der Waals surface area contributed by atoms with Gasteiger partial charge in [-0.25, -0.2) is 0 Å². The molecule has 2 heterocycles. The smallest absolute Gasteiger partial charge is 0.265 e. The van der Waals surface area contributed by atoms with Crippen LogP contribution in [0.2, 0.25) is 0 Å². The van der Waals surface area contributed by atoms with Gasteiger partial charge in [-0.2, -0.15) is 0 Å². The van der Waals surface area contributed by atoms with Gasteiger partial charge in [0.2, 0.25) is 0 Å². The summed E-state index contributed by atoms with van der Waals surface area (Å²) in [7, 11) is 0. The first-order valence-electron chi connectivity index (χ1n) is 7.98. The summed E-state index contributed by atoms with van der Waals surface area (Å²) in [6.07, 6.45) is 0.885. The molecule has 0 radical (unpaired) electrons. The van der Waals surface area contributed by atoms with Crippen molar-refractivity contribution >= 4 is 28.8 Å². The van der Waals surface area contributed by atoms with Crippen LogP contribution in [0.15, 0.2) is 35.7 Å². The summed E-state index contributed by atoms with van der Waals surface area (Å²) in [4.78, 5) is 26.9.